The Morgan fingerprint density at radius 2 is 1.86 bits per heavy atom. The number of allylic oxidation sites excluding steroid dienone is 8. The molecule has 0 aromatic rings. The maximum Gasteiger partial charge on any atom is 0.0240 e. The molecule has 3 atom stereocenters. The van der Waals surface area contributed by atoms with Crippen LogP contribution in [-0.4, -0.2) is 10.1 Å². The van der Waals surface area contributed by atoms with Gasteiger partial charge in [-0.05, 0) is 53.8 Å². The number of fused-ring (bicyclic) bond motifs is 1. The molecule has 0 aromatic heterocycles. The number of rotatable bonds is 1. The minimum atomic E-state index is 0.247. The molecule has 3 aliphatic rings. The van der Waals surface area contributed by atoms with Crippen molar-refractivity contribution in [3.8, 4) is 0 Å². The highest BCUT2D eigenvalue weighted by molar-refractivity contribution is 8.20. The van der Waals surface area contributed by atoms with Crippen LogP contribution in [-0.2, 0) is 0 Å². The van der Waals surface area contributed by atoms with E-state index in [1.807, 2.05) is 0 Å². The summed E-state index contributed by atoms with van der Waals surface area (Å²) in [5, 5.41) is 0.645. The van der Waals surface area contributed by atoms with E-state index in [0.717, 1.165) is 0 Å². The molecule has 3 rings (SSSR count). The second-order valence-corrected chi connectivity index (χ2v) is 10.0. The normalized spacial score (nSPS) is 30.9. The predicted molar refractivity (Wildman–Crippen MR) is 97.8 cm³/mol. The van der Waals surface area contributed by atoms with Crippen molar-refractivity contribution in [2.24, 2.45) is 11.3 Å². The van der Waals surface area contributed by atoms with Crippen molar-refractivity contribution in [1.29, 1.82) is 0 Å². The van der Waals surface area contributed by atoms with Crippen LogP contribution in [0.3, 0.4) is 0 Å². The van der Waals surface area contributed by atoms with Crippen LogP contribution in [0.2, 0.25) is 0 Å². The first-order chi connectivity index (χ1) is 9.80. The first-order valence-corrected chi connectivity index (χ1v) is 9.16. The third-order valence-electron chi connectivity index (χ3n) is 4.62. The Labute approximate surface area is 132 Å². The van der Waals surface area contributed by atoms with Crippen LogP contribution in [0.15, 0.2) is 58.1 Å². The first-order valence-electron chi connectivity index (χ1n) is 7.87. The molecule has 112 valence electrons. The summed E-state index contributed by atoms with van der Waals surface area (Å²) < 4.78 is 0. The van der Waals surface area contributed by atoms with Crippen molar-refractivity contribution in [2.45, 2.75) is 46.8 Å². The zero-order valence-corrected chi connectivity index (χ0v) is 14.8. The van der Waals surface area contributed by atoms with Crippen LogP contribution in [0.1, 0.15) is 41.5 Å². The van der Waals surface area contributed by atoms with Crippen molar-refractivity contribution in [2.75, 3.05) is 0 Å². The fraction of sp³-hybridized carbons (Fsp3) is 0.450. The molecule has 0 spiro atoms. The van der Waals surface area contributed by atoms with Crippen LogP contribution in [0.4, 0.5) is 0 Å². The molecule has 0 amide bonds. The third kappa shape index (κ3) is 2.36. The Bertz CT molecular complexity index is 665. The van der Waals surface area contributed by atoms with E-state index in [4.69, 9.17) is 0 Å². The topological polar surface area (TPSA) is 0 Å². The Morgan fingerprint density at radius 3 is 2.43 bits per heavy atom. The molecule has 0 nitrogen and oxygen atoms in total. The van der Waals surface area contributed by atoms with Gasteiger partial charge in [-0.3, -0.25) is 0 Å². The zero-order valence-electron chi connectivity index (χ0n) is 14.0. The Kier molecular flexibility index (Phi) is 3.52. The van der Waals surface area contributed by atoms with Crippen molar-refractivity contribution in [1.82, 2.24) is 0 Å². The number of hydrogen-bond acceptors (Lipinski definition) is 0. The molecule has 0 N–H and O–H groups in total. The van der Waals surface area contributed by atoms with E-state index in [2.05, 4.69) is 78.0 Å². The largest absolute Gasteiger partial charge is 0.148 e. The van der Waals surface area contributed by atoms with E-state index in [0.29, 0.717) is 21.7 Å². The molecule has 0 fully saturated rings. The van der Waals surface area contributed by atoms with Gasteiger partial charge >= 0.3 is 0 Å². The van der Waals surface area contributed by atoms with Crippen LogP contribution >= 0.6 is 10.5 Å². The van der Waals surface area contributed by atoms with Gasteiger partial charge in [-0.25, -0.2) is 0 Å². The molecule has 0 aromatic carbocycles. The lowest BCUT2D eigenvalue weighted by Crippen LogP contribution is -2.10. The average Bonchev–Trinajstić information content (AvgIpc) is 3.01. The smallest absolute Gasteiger partial charge is 0.0240 e. The monoisotopic (exact) mass is 298 g/mol. The molecule has 1 aliphatic heterocycles. The van der Waals surface area contributed by atoms with E-state index in [1.54, 1.807) is 15.3 Å². The summed E-state index contributed by atoms with van der Waals surface area (Å²) >= 11 is 0. The molecule has 3 unspecified atom stereocenters. The van der Waals surface area contributed by atoms with Crippen LogP contribution in [0, 0.1) is 11.3 Å². The maximum atomic E-state index is 2.49. The Morgan fingerprint density at radius 1 is 1.14 bits per heavy atom. The van der Waals surface area contributed by atoms with Gasteiger partial charge in [0.25, 0.3) is 0 Å². The lowest BCUT2D eigenvalue weighted by atomic mass is 9.86. The lowest BCUT2D eigenvalue weighted by molar-refractivity contribution is 0.517. The third-order valence-corrected chi connectivity index (χ3v) is 7.29. The number of hydrogen-bond donors (Lipinski definition) is 0. The van der Waals surface area contributed by atoms with E-state index < -0.39 is 0 Å². The minimum Gasteiger partial charge on any atom is -0.148 e. The maximum absolute atomic E-state index is 2.49. The van der Waals surface area contributed by atoms with Gasteiger partial charge in [0, 0.05) is 16.1 Å². The summed E-state index contributed by atoms with van der Waals surface area (Å²) in [6.45, 7) is 13.9. The molecule has 2 aliphatic carbocycles. The molecule has 0 saturated heterocycles. The van der Waals surface area contributed by atoms with Crippen molar-refractivity contribution in [3.05, 3.63) is 58.1 Å². The quantitative estimate of drug-likeness (QED) is 0.538. The SMILES string of the molecule is CC(C)=S1C2=CC=CC2=C(C2C=CC(C(C)(C)C)=C2)C1C. The minimum absolute atomic E-state index is 0.247. The molecule has 1 heteroatoms. The standard InChI is InChI=1S/C20H26S/c1-13(2)21-14(3)19(17-8-7-9-18(17)21)15-10-11-16(12-15)20(4,5)6/h7-12,14-15H,1-6H3. The highest BCUT2D eigenvalue weighted by Gasteiger charge is 2.35. The molecule has 0 radical (unpaired) electrons. The van der Waals surface area contributed by atoms with Gasteiger partial charge in [0.05, 0.1) is 0 Å². The molecule has 21 heavy (non-hydrogen) atoms. The van der Waals surface area contributed by atoms with Crippen LogP contribution in [0.5, 0.6) is 0 Å². The molecular formula is C20H26S. The van der Waals surface area contributed by atoms with Crippen molar-refractivity contribution < 1.29 is 0 Å². The summed E-state index contributed by atoms with van der Waals surface area (Å²) in [5.41, 5.74) is 4.88. The fourth-order valence-corrected chi connectivity index (χ4v) is 6.31. The second kappa shape index (κ2) is 4.98. The summed E-state index contributed by atoms with van der Waals surface area (Å²) in [4.78, 5) is 3.13. The molecule has 1 heterocycles. The van der Waals surface area contributed by atoms with Gasteiger partial charge in [0.1, 0.15) is 0 Å². The zero-order chi connectivity index (χ0) is 15.4. The fourth-order valence-electron chi connectivity index (χ4n) is 3.60. The average molecular weight is 298 g/mol. The Hall–Kier alpha value is -1.08. The lowest BCUT2D eigenvalue weighted by Gasteiger charge is -2.20. The van der Waals surface area contributed by atoms with E-state index in [1.165, 1.54) is 11.1 Å². The summed E-state index contributed by atoms with van der Waals surface area (Å²) in [7, 11) is 0.290. The van der Waals surface area contributed by atoms with E-state index in [9.17, 15) is 0 Å². The van der Waals surface area contributed by atoms with Gasteiger partial charge in [-0.1, -0.05) is 51.2 Å². The van der Waals surface area contributed by atoms with E-state index >= 15 is 0 Å². The van der Waals surface area contributed by atoms with Crippen molar-refractivity contribution >= 4 is 15.3 Å². The first kappa shape index (κ1) is 14.8. The second-order valence-electron chi connectivity index (χ2n) is 7.40. The Balaban J connectivity index is 2.05. The van der Waals surface area contributed by atoms with Crippen LogP contribution < -0.4 is 0 Å². The van der Waals surface area contributed by atoms with Gasteiger partial charge in [0.15, 0.2) is 0 Å². The molecule has 0 bridgehead atoms. The molecule has 0 saturated carbocycles. The highest BCUT2D eigenvalue weighted by Crippen LogP contribution is 2.54. The summed E-state index contributed by atoms with van der Waals surface area (Å²) in [6, 6.07) is 0. The van der Waals surface area contributed by atoms with Crippen molar-refractivity contribution in [3.63, 3.8) is 0 Å². The van der Waals surface area contributed by atoms with Gasteiger partial charge in [0.2, 0.25) is 0 Å². The van der Waals surface area contributed by atoms with Gasteiger partial charge in [-0.2, -0.15) is 0 Å². The van der Waals surface area contributed by atoms with Gasteiger partial charge in [-0.15, -0.1) is 10.5 Å². The summed E-state index contributed by atoms with van der Waals surface area (Å²) in [5.74, 6) is 0.493. The van der Waals surface area contributed by atoms with Crippen LogP contribution in [0.25, 0.3) is 0 Å². The van der Waals surface area contributed by atoms with E-state index in [-0.39, 0.29) is 5.41 Å². The molecular weight excluding hydrogens is 272 g/mol. The highest BCUT2D eigenvalue weighted by atomic mass is 32.2. The predicted octanol–water partition coefficient (Wildman–Crippen LogP) is 5.78. The van der Waals surface area contributed by atoms with Gasteiger partial charge < -0.3 is 0 Å². The summed E-state index contributed by atoms with van der Waals surface area (Å²) in [6.07, 6.45) is 14.1.